The molecule has 2 rings (SSSR count). The molecular formula is C7H6N2O3S. The van der Waals surface area contributed by atoms with Gasteiger partial charge in [0.1, 0.15) is 0 Å². The van der Waals surface area contributed by atoms with Crippen molar-refractivity contribution in [1.29, 1.82) is 0 Å². The third-order valence-electron chi connectivity index (χ3n) is 1.66. The minimum atomic E-state index is -3.24. The standard InChI is InChI=1S/C7H6N2O3S/c10-7-5-3-1-2-4-6(5)13(11,12)9-8-7/h1-4,11-12H. The lowest BCUT2D eigenvalue weighted by Gasteiger charge is -2.28. The van der Waals surface area contributed by atoms with E-state index in [9.17, 15) is 13.9 Å². The smallest absolute Gasteiger partial charge is 0.275 e. The number of carbonyl (C=O) groups excluding carboxylic acids is 1. The van der Waals surface area contributed by atoms with Gasteiger partial charge in [0.2, 0.25) is 0 Å². The Balaban J connectivity index is 2.68. The Morgan fingerprint density at radius 3 is 2.62 bits per heavy atom. The summed E-state index contributed by atoms with van der Waals surface area (Å²) >= 11 is 0. The van der Waals surface area contributed by atoms with E-state index in [0.29, 0.717) is 0 Å². The van der Waals surface area contributed by atoms with Crippen LogP contribution in [0.4, 0.5) is 0 Å². The first-order valence-corrected chi connectivity index (χ1v) is 4.96. The summed E-state index contributed by atoms with van der Waals surface area (Å²) in [4.78, 5) is 11.3. The van der Waals surface area contributed by atoms with E-state index in [0.717, 1.165) is 0 Å². The van der Waals surface area contributed by atoms with E-state index in [-0.39, 0.29) is 10.5 Å². The molecule has 0 saturated carbocycles. The molecule has 0 aliphatic carbocycles. The van der Waals surface area contributed by atoms with Crippen molar-refractivity contribution < 1.29 is 13.9 Å². The minimum Gasteiger partial charge on any atom is -0.275 e. The highest BCUT2D eigenvalue weighted by atomic mass is 32.3. The van der Waals surface area contributed by atoms with Crippen LogP contribution in [-0.4, -0.2) is 15.0 Å². The van der Waals surface area contributed by atoms with Crippen molar-refractivity contribution in [3.8, 4) is 0 Å². The summed E-state index contributed by atoms with van der Waals surface area (Å²) in [6.45, 7) is 0. The van der Waals surface area contributed by atoms with E-state index in [1.54, 1.807) is 12.1 Å². The second kappa shape index (κ2) is 2.63. The Labute approximate surface area is 75.6 Å². The van der Waals surface area contributed by atoms with Crippen LogP contribution in [0.25, 0.3) is 0 Å². The van der Waals surface area contributed by atoms with Crippen molar-refractivity contribution in [2.75, 3.05) is 0 Å². The van der Waals surface area contributed by atoms with Crippen LogP contribution in [-0.2, 0) is 0 Å². The largest absolute Gasteiger partial charge is 0.298 e. The molecule has 1 heterocycles. The Hall–Kier alpha value is -1.24. The fourth-order valence-electron chi connectivity index (χ4n) is 1.07. The SMILES string of the molecule is O=C1N=NS(O)(O)c2ccccc21. The van der Waals surface area contributed by atoms with Crippen LogP contribution >= 0.6 is 10.8 Å². The van der Waals surface area contributed by atoms with Crippen molar-refractivity contribution in [3.05, 3.63) is 29.8 Å². The Kier molecular flexibility index (Phi) is 1.69. The molecule has 1 amide bonds. The van der Waals surface area contributed by atoms with Crippen LogP contribution in [0, 0.1) is 0 Å². The predicted octanol–water partition coefficient (Wildman–Crippen LogP) is 2.32. The zero-order valence-corrected chi connectivity index (χ0v) is 7.23. The molecule has 1 aliphatic rings. The predicted molar refractivity (Wildman–Crippen MR) is 46.7 cm³/mol. The molecule has 1 aromatic carbocycles. The quantitative estimate of drug-likeness (QED) is 0.671. The first-order chi connectivity index (χ1) is 6.11. The highest BCUT2D eigenvalue weighted by Crippen LogP contribution is 2.53. The van der Waals surface area contributed by atoms with Crippen LogP contribution in [0.5, 0.6) is 0 Å². The van der Waals surface area contributed by atoms with Crippen molar-refractivity contribution >= 4 is 16.7 Å². The number of benzene rings is 1. The van der Waals surface area contributed by atoms with Crippen molar-refractivity contribution in [3.63, 3.8) is 0 Å². The number of carbonyl (C=O) groups is 1. The van der Waals surface area contributed by atoms with Crippen molar-refractivity contribution in [2.24, 2.45) is 9.63 Å². The van der Waals surface area contributed by atoms with E-state index in [1.807, 2.05) is 0 Å². The normalized spacial score (nSPS) is 20.9. The van der Waals surface area contributed by atoms with Crippen LogP contribution < -0.4 is 0 Å². The number of amides is 1. The third kappa shape index (κ3) is 1.24. The van der Waals surface area contributed by atoms with Gasteiger partial charge in [0, 0.05) is 0 Å². The zero-order valence-electron chi connectivity index (χ0n) is 6.41. The number of fused-ring (bicyclic) bond motifs is 1. The van der Waals surface area contributed by atoms with Gasteiger partial charge in [-0.1, -0.05) is 28.0 Å². The molecule has 2 N–H and O–H groups in total. The lowest BCUT2D eigenvalue weighted by atomic mass is 10.2. The van der Waals surface area contributed by atoms with Gasteiger partial charge in [-0.2, -0.15) is 0 Å². The minimum absolute atomic E-state index is 0.148. The Morgan fingerprint density at radius 1 is 1.23 bits per heavy atom. The molecule has 0 saturated heterocycles. The first kappa shape index (κ1) is 8.36. The highest BCUT2D eigenvalue weighted by molar-refractivity contribution is 8.23. The second-order valence-electron chi connectivity index (χ2n) is 2.50. The fraction of sp³-hybridized carbons (Fsp3) is 0. The van der Waals surface area contributed by atoms with Crippen LogP contribution in [0.1, 0.15) is 10.4 Å². The number of rotatable bonds is 0. The van der Waals surface area contributed by atoms with Gasteiger partial charge in [-0.05, 0) is 16.7 Å². The number of nitrogens with zero attached hydrogens (tertiary/aromatic N) is 2. The highest BCUT2D eigenvalue weighted by Gasteiger charge is 2.26. The molecule has 13 heavy (non-hydrogen) atoms. The van der Waals surface area contributed by atoms with Gasteiger partial charge in [0.05, 0.1) is 10.5 Å². The van der Waals surface area contributed by atoms with Gasteiger partial charge in [-0.25, -0.2) is 0 Å². The molecule has 68 valence electrons. The number of hydrogen-bond acceptors (Lipinski definition) is 4. The summed E-state index contributed by atoms with van der Waals surface area (Å²) in [5, 5.41) is 3.15. The lowest BCUT2D eigenvalue weighted by molar-refractivity contribution is 0.0989. The zero-order chi connectivity index (χ0) is 9.47. The monoisotopic (exact) mass is 198 g/mol. The van der Waals surface area contributed by atoms with E-state index in [2.05, 4.69) is 9.63 Å². The average Bonchev–Trinajstić information content (AvgIpc) is 2.13. The Bertz CT molecular complexity index is 402. The maximum atomic E-state index is 11.1. The summed E-state index contributed by atoms with van der Waals surface area (Å²) in [5.41, 5.74) is 0.206. The van der Waals surface area contributed by atoms with Crippen LogP contribution in [0.15, 0.2) is 38.8 Å². The van der Waals surface area contributed by atoms with Gasteiger partial charge >= 0.3 is 0 Å². The molecule has 0 bridgehead atoms. The van der Waals surface area contributed by atoms with E-state index in [1.165, 1.54) is 12.1 Å². The molecule has 0 spiro atoms. The Morgan fingerprint density at radius 2 is 1.92 bits per heavy atom. The topological polar surface area (TPSA) is 82.2 Å². The summed E-state index contributed by atoms with van der Waals surface area (Å²) < 4.78 is 21.9. The molecule has 0 aromatic heterocycles. The first-order valence-electron chi connectivity index (χ1n) is 3.46. The van der Waals surface area contributed by atoms with Gasteiger partial charge < -0.3 is 0 Å². The third-order valence-corrected chi connectivity index (χ3v) is 2.91. The molecule has 1 aliphatic heterocycles. The van der Waals surface area contributed by atoms with E-state index in [4.69, 9.17) is 0 Å². The van der Waals surface area contributed by atoms with E-state index < -0.39 is 16.7 Å². The molecular weight excluding hydrogens is 192 g/mol. The molecule has 0 radical (unpaired) electrons. The van der Waals surface area contributed by atoms with E-state index >= 15 is 0 Å². The summed E-state index contributed by atoms with van der Waals surface area (Å²) in [5.74, 6) is -0.540. The summed E-state index contributed by atoms with van der Waals surface area (Å²) in [7, 11) is -3.24. The van der Waals surface area contributed by atoms with Crippen molar-refractivity contribution in [2.45, 2.75) is 4.90 Å². The maximum Gasteiger partial charge on any atom is 0.298 e. The molecule has 1 aromatic rings. The molecule has 0 fully saturated rings. The van der Waals surface area contributed by atoms with Crippen LogP contribution in [0.3, 0.4) is 0 Å². The summed E-state index contributed by atoms with van der Waals surface area (Å²) in [6, 6.07) is 6.19. The second-order valence-corrected chi connectivity index (χ2v) is 4.14. The van der Waals surface area contributed by atoms with Gasteiger partial charge in [0.25, 0.3) is 5.91 Å². The van der Waals surface area contributed by atoms with Gasteiger partial charge in [-0.15, -0.1) is 0 Å². The van der Waals surface area contributed by atoms with Gasteiger partial charge in [0.15, 0.2) is 0 Å². The van der Waals surface area contributed by atoms with Crippen LogP contribution in [0.2, 0.25) is 0 Å². The molecule has 0 unspecified atom stereocenters. The molecule has 0 atom stereocenters. The maximum absolute atomic E-state index is 11.1. The van der Waals surface area contributed by atoms with Crippen molar-refractivity contribution in [1.82, 2.24) is 0 Å². The number of hydrogen-bond donors (Lipinski definition) is 2. The molecule has 5 nitrogen and oxygen atoms in total. The lowest BCUT2D eigenvalue weighted by Crippen LogP contribution is -2.08. The van der Waals surface area contributed by atoms with Gasteiger partial charge in [-0.3, -0.25) is 13.9 Å². The average molecular weight is 198 g/mol. The molecule has 6 heteroatoms. The fourth-order valence-corrected chi connectivity index (χ4v) is 2.06. The summed E-state index contributed by atoms with van der Waals surface area (Å²) in [6.07, 6.45) is 0.